The van der Waals surface area contributed by atoms with Crippen LogP contribution in [0, 0.1) is 12.8 Å². The smallest absolute Gasteiger partial charge is 0.254 e. The van der Waals surface area contributed by atoms with E-state index in [2.05, 4.69) is 45.1 Å². The molecule has 1 amide bonds. The first-order chi connectivity index (χ1) is 14.6. The molecule has 6 nitrogen and oxygen atoms in total. The number of carbonyl (C=O) groups excluding carboxylic acids is 1. The Bertz CT molecular complexity index is 1190. The van der Waals surface area contributed by atoms with Gasteiger partial charge in [-0.1, -0.05) is 23.8 Å². The number of aromatic nitrogens is 4. The van der Waals surface area contributed by atoms with Gasteiger partial charge in [-0.3, -0.25) is 14.6 Å². The summed E-state index contributed by atoms with van der Waals surface area (Å²) in [6.45, 7) is 5.75. The van der Waals surface area contributed by atoms with E-state index in [-0.39, 0.29) is 11.9 Å². The molecule has 1 aliphatic rings. The van der Waals surface area contributed by atoms with E-state index in [0.29, 0.717) is 5.92 Å². The minimum atomic E-state index is 0.128. The van der Waals surface area contributed by atoms with E-state index in [1.54, 1.807) is 0 Å². The molecule has 30 heavy (non-hydrogen) atoms. The molecule has 0 spiro atoms. The zero-order valence-corrected chi connectivity index (χ0v) is 17.2. The monoisotopic (exact) mass is 399 g/mol. The summed E-state index contributed by atoms with van der Waals surface area (Å²) in [6.07, 6.45) is 6.63. The number of hydrogen-bond acceptors (Lipinski definition) is 3. The number of fused-ring (bicyclic) bond motifs is 1. The molecule has 5 rings (SSSR count). The van der Waals surface area contributed by atoms with Crippen LogP contribution in [0.15, 0.2) is 61.1 Å². The third-order valence-corrected chi connectivity index (χ3v) is 6.09. The van der Waals surface area contributed by atoms with Crippen molar-refractivity contribution in [2.45, 2.75) is 32.9 Å². The zero-order valence-electron chi connectivity index (χ0n) is 17.2. The Kier molecular flexibility index (Phi) is 4.62. The molecule has 0 saturated carbocycles. The lowest BCUT2D eigenvalue weighted by Gasteiger charge is -2.21. The fourth-order valence-electron chi connectivity index (χ4n) is 4.57. The first-order valence-electron chi connectivity index (χ1n) is 10.4. The number of rotatable bonds is 4. The first kappa shape index (κ1) is 18.6. The van der Waals surface area contributed by atoms with Crippen molar-refractivity contribution in [1.29, 1.82) is 0 Å². The van der Waals surface area contributed by atoms with Crippen LogP contribution in [0.4, 0.5) is 0 Å². The molecule has 1 saturated heterocycles. The van der Waals surface area contributed by atoms with Crippen LogP contribution in [-0.2, 0) is 6.54 Å². The summed E-state index contributed by atoms with van der Waals surface area (Å²) in [5.41, 5.74) is 5.21. The third kappa shape index (κ3) is 3.38. The van der Waals surface area contributed by atoms with Gasteiger partial charge in [0.1, 0.15) is 0 Å². The van der Waals surface area contributed by atoms with Gasteiger partial charge in [0.05, 0.1) is 17.9 Å². The van der Waals surface area contributed by atoms with Gasteiger partial charge in [0, 0.05) is 41.8 Å². The number of likely N-dealkylation sites (tertiary alicyclic amines) is 1. The van der Waals surface area contributed by atoms with E-state index in [0.717, 1.165) is 52.7 Å². The summed E-state index contributed by atoms with van der Waals surface area (Å²) < 4.78 is 2.08. The lowest BCUT2D eigenvalue weighted by atomic mass is 10.1. The number of amides is 1. The summed E-state index contributed by atoms with van der Waals surface area (Å²) in [4.78, 5) is 15.0. The predicted molar refractivity (Wildman–Crippen MR) is 117 cm³/mol. The highest BCUT2D eigenvalue weighted by Crippen LogP contribution is 2.28. The van der Waals surface area contributed by atoms with E-state index < -0.39 is 0 Å². The largest absolute Gasteiger partial charge is 0.336 e. The van der Waals surface area contributed by atoms with Gasteiger partial charge in [0.25, 0.3) is 5.91 Å². The van der Waals surface area contributed by atoms with E-state index in [1.807, 2.05) is 54.7 Å². The van der Waals surface area contributed by atoms with Crippen LogP contribution in [-0.4, -0.2) is 43.4 Å². The second kappa shape index (κ2) is 7.44. The lowest BCUT2D eigenvalue weighted by Crippen LogP contribution is -2.34. The third-order valence-electron chi connectivity index (χ3n) is 6.09. The summed E-state index contributed by atoms with van der Waals surface area (Å²) in [7, 11) is 0. The minimum absolute atomic E-state index is 0.128. The first-order valence-corrected chi connectivity index (χ1v) is 10.4. The van der Waals surface area contributed by atoms with Crippen molar-refractivity contribution in [3.05, 3.63) is 72.2 Å². The van der Waals surface area contributed by atoms with Gasteiger partial charge in [0.15, 0.2) is 0 Å². The van der Waals surface area contributed by atoms with Crippen LogP contribution in [0.2, 0.25) is 0 Å². The number of carbonyl (C=O) groups is 1. The molecule has 3 heterocycles. The topological polar surface area (TPSA) is 66.8 Å². The van der Waals surface area contributed by atoms with Crippen molar-refractivity contribution >= 4 is 16.8 Å². The maximum atomic E-state index is 13.0. The van der Waals surface area contributed by atoms with Crippen molar-refractivity contribution < 1.29 is 4.79 Å². The average Bonchev–Trinajstić information content (AvgIpc) is 3.48. The number of hydrogen-bond donors (Lipinski definition) is 1. The number of benzene rings is 2. The zero-order chi connectivity index (χ0) is 20.7. The molecule has 0 radical (unpaired) electrons. The summed E-state index contributed by atoms with van der Waals surface area (Å²) in [5.74, 6) is 0.522. The molecule has 2 aromatic heterocycles. The summed E-state index contributed by atoms with van der Waals surface area (Å²) in [5, 5.41) is 12.6. The molecule has 0 bridgehead atoms. The Hall–Kier alpha value is -3.41. The van der Waals surface area contributed by atoms with Gasteiger partial charge in [-0.15, -0.1) is 0 Å². The molecule has 1 N–H and O–H groups in total. The van der Waals surface area contributed by atoms with Crippen molar-refractivity contribution in [1.82, 2.24) is 24.9 Å². The SMILES string of the molecule is Cc1cccc(C(=O)N2C[C@@H](Cn3ncc4cc(-c5cn[nH]c5)ccc43)C[C@H]2C)c1. The van der Waals surface area contributed by atoms with Gasteiger partial charge in [-0.2, -0.15) is 10.2 Å². The fourth-order valence-corrected chi connectivity index (χ4v) is 4.57. The molecule has 2 atom stereocenters. The number of aryl methyl sites for hydroxylation is 1. The highest BCUT2D eigenvalue weighted by Gasteiger charge is 2.33. The summed E-state index contributed by atoms with van der Waals surface area (Å²) in [6, 6.07) is 14.5. The standard InChI is InChI=1S/C24H25N5O/c1-16-4-3-5-20(8-16)24(30)28-14-18(9-17(28)2)15-29-23-7-6-19(10-21(23)13-27-29)22-11-25-26-12-22/h3-8,10-13,17-18H,9,14-15H2,1-2H3,(H,25,26)/t17-,18+/m1/s1. The second-order valence-electron chi connectivity index (χ2n) is 8.36. The highest BCUT2D eigenvalue weighted by atomic mass is 16.2. The fraction of sp³-hybridized carbons (Fsp3) is 0.292. The van der Waals surface area contributed by atoms with Crippen molar-refractivity contribution in [2.24, 2.45) is 5.92 Å². The van der Waals surface area contributed by atoms with Crippen LogP contribution in [0.1, 0.15) is 29.3 Å². The van der Waals surface area contributed by atoms with Gasteiger partial charge in [-0.25, -0.2) is 0 Å². The molecule has 2 aromatic carbocycles. The van der Waals surface area contributed by atoms with Gasteiger partial charge < -0.3 is 4.90 Å². The van der Waals surface area contributed by atoms with Crippen LogP contribution >= 0.6 is 0 Å². The van der Waals surface area contributed by atoms with E-state index in [1.165, 1.54) is 0 Å². The molecule has 1 fully saturated rings. The number of nitrogens with zero attached hydrogens (tertiary/aromatic N) is 4. The Morgan fingerprint density at radius 1 is 1.17 bits per heavy atom. The van der Waals surface area contributed by atoms with Crippen LogP contribution < -0.4 is 0 Å². The van der Waals surface area contributed by atoms with Gasteiger partial charge >= 0.3 is 0 Å². The molecule has 0 aliphatic carbocycles. The van der Waals surface area contributed by atoms with Crippen molar-refractivity contribution in [3.63, 3.8) is 0 Å². The van der Waals surface area contributed by atoms with Crippen LogP contribution in [0.25, 0.3) is 22.0 Å². The van der Waals surface area contributed by atoms with Crippen molar-refractivity contribution in [3.8, 4) is 11.1 Å². The van der Waals surface area contributed by atoms with Crippen LogP contribution in [0.5, 0.6) is 0 Å². The normalized spacial score (nSPS) is 18.9. The Morgan fingerprint density at radius 3 is 2.87 bits per heavy atom. The molecular formula is C24H25N5O. The molecular weight excluding hydrogens is 374 g/mol. The average molecular weight is 399 g/mol. The minimum Gasteiger partial charge on any atom is -0.336 e. The van der Waals surface area contributed by atoms with E-state index in [9.17, 15) is 4.79 Å². The highest BCUT2D eigenvalue weighted by molar-refractivity contribution is 5.94. The Labute approximate surface area is 175 Å². The van der Waals surface area contributed by atoms with Gasteiger partial charge in [-0.05, 0) is 56.0 Å². The Morgan fingerprint density at radius 2 is 2.07 bits per heavy atom. The quantitative estimate of drug-likeness (QED) is 0.557. The maximum absolute atomic E-state index is 13.0. The maximum Gasteiger partial charge on any atom is 0.254 e. The number of nitrogens with one attached hydrogen (secondary N) is 1. The second-order valence-corrected chi connectivity index (χ2v) is 8.36. The predicted octanol–water partition coefficient (Wildman–Crippen LogP) is 4.29. The number of H-pyrrole nitrogens is 1. The van der Waals surface area contributed by atoms with Gasteiger partial charge in [0.2, 0.25) is 0 Å². The van der Waals surface area contributed by atoms with Crippen molar-refractivity contribution in [2.75, 3.05) is 6.54 Å². The molecule has 0 unspecified atom stereocenters. The Balaban J connectivity index is 1.33. The molecule has 6 heteroatoms. The van der Waals surface area contributed by atoms with Crippen LogP contribution in [0.3, 0.4) is 0 Å². The number of aromatic amines is 1. The molecule has 1 aliphatic heterocycles. The lowest BCUT2D eigenvalue weighted by molar-refractivity contribution is 0.0742. The van der Waals surface area contributed by atoms with E-state index in [4.69, 9.17) is 0 Å². The molecule has 152 valence electrons. The summed E-state index contributed by atoms with van der Waals surface area (Å²) >= 11 is 0. The molecule has 4 aromatic rings. The van der Waals surface area contributed by atoms with E-state index >= 15 is 0 Å².